The number of aliphatic hydroxyl groups is 1. The number of carboxylic acid groups (broad SMARTS) is 1. The highest BCUT2D eigenvalue weighted by molar-refractivity contribution is 5.68. The van der Waals surface area contributed by atoms with Gasteiger partial charge in [-0.05, 0) is 19.8 Å². The van der Waals surface area contributed by atoms with Crippen LogP contribution in [0.4, 0.5) is 0 Å². The third-order valence-corrected chi connectivity index (χ3v) is 2.76. The zero-order valence-corrected chi connectivity index (χ0v) is 9.12. The molecule has 0 aromatic rings. The topological polar surface area (TPSA) is 81.6 Å². The van der Waals surface area contributed by atoms with Crippen molar-refractivity contribution in [3.63, 3.8) is 0 Å². The number of aliphatic carboxylic acids is 1. The van der Waals surface area contributed by atoms with Gasteiger partial charge in [0, 0.05) is 25.7 Å². The summed E-state index contributed by atoms with van der Waals surface area (Å²) in [5.74, 6) is -0.765. The van der Waals surface area contributed by atoms with Gasteiger partial charge in [0.25, 0.3) is 0 Å². The van der Waals surface area contributed by atoms with Gasteiger partial charge in [-0.25, -0.2) is 0 Å². The molecule has 0 bridgehead atoms. The smallest absolute Gasteiger partial charge is 0.305 e. The average molecular weight is 216 g/mol. The van der Waals surface area contributed by atoms with Crippen LogP contribution < -0.4 is 10.6 Å². The summed E-state index contributed by atoms with van der Waals surface area (Å²) in [4.78, 5) is 10.7. The van der Waals surface area contributed by atoms with Gasteiger partial charge < -0.3 is 20.8 Å². The zero-order valence-electron chi connectivity index (χ0n) is 9.12. The summed E-state index contributed by atoms with van der Waals surface area (Å²) in [6, 6.07) is 0.249. The molecule has 0 aromatic carbocycles. The predicted octanol–water partition coefficient (Wildman–Crippen LogP) is -0.446. The second-order valence-electron chi connectivity index (χ2n) is 4.37. The fourth-order valence-corrected chi connectivity index (χ4v) is 1.99. The number of nitrogens with one attached hydrogen (secondary N) is 2. The first-order valence-corrected chi connectivity index (χ1v) is 5.39. The summed E-state index contributed by atoms with van der Waals surface area (Å²) in [5, 5.41) is 23.9. The molecule has 1 heterocycles. The molecule has 0 spiro atoms. The number of carboxylic acids is 1. The molecule has 88 valence electrons. The average Bonchev–Trinajstić information content (AvgIpc) is 2.10. The van der Waals surface area contributed by atoms with Crippen LogP contribution in [0.5, 0.6) is 0 Å². The molecule has 1 rings (SSSR count). The van der Waals surface area contributed by atoms with Gasteiger partial charge in [-0.15, -0.1) is 0 Å². The minimum absolute atomic E-state index is 0.156. The van der Waals surface area contributed by atoms with E-state index >= 15 is 0 Å². The fraction of sp³-hybridized carbons (Fsp3) is 0.900. The molecule has 1 atom stereocenters. The van der Waals surface area contributed by atoms with Crippen molar-refractivity contribution >= 4 is 5.97 Å². The Morgan fingerprint density at radius 1 is 1.60 bits per heavy atom. The highest BCUT2D eigenvalue weighted by atomic mass is 16.4. The van der Waals surface area contributed by atoms with Crippen molar-refractivity contribution in [1.29, 1.82) is 0 Å². The summed E-state index contributed by atoms with van der Waals surface area (Å²) < 4.78 is 0. The number of hydrogen-bond acceptors (Lipinski definition) is 4. The third-order valence-electron chi connectivity index (χ3n) is 2.76. The van der Waals surface area contributed by atoms with Gasteiger partial charge in [0.2, 0.25) is 0 Å². The van der Waals surface area contributed by atoms with Crippen molar-refractivity contribution in [1.82, 2.24) is 10.6 Å². The van der Waals surface area contributed by atoms with Gasteiger partial charge in [0.15, 0.2) is 0 Å². The van der Waals surface area contributed by atoms with Crippen LogP contribution in [0.3, 0.4) is 0 Å². The van der Waals surface area contributed by atoms with Crippen molar-refractivity contribution in [2.45, 2.75) is 37.8 Å². The van der Waals surface area contributed by atoms with Gasteiger partial charge in [0.1, 0.15) is 0 Å². The van der Waals surface area contributed by atoms with Crippen molar-refractivity contribution in [3.05, 3.63) is 0 Å². The van der Waals surface area contributed by atoms with Crippen LogP contribution in [0.2, 0.25) is 0 Å². The second kappa shape index (κ2) is 5.44. The maximum atomic E-state index is 10.7. The van der Waals surface area contributed by atoms with E-state index in [0.29, 0.717) is 13.1 Å². The summed E-state index contributed by atoms with van der Waals surface area (Å²) in [7, 11) is 0. The lowest BCUT2D eigenvalue weighted by Crippen LogP contribution is -2.70. The molecule has 1 aliphatic heterocycles. The molecule has 0 radical (unpaired) electrons. The highest BCUT2D eigenvalue weighted by Gasteiger charge is 2.39. The van der Waals surface area contributed by atoms with E-state index in [1.54, 1.807) is 0 Å². The van der Waals surface area contributed by atoms with Crippen LogP contribution in [-0.4, -0.2) is 47.5 Å². The monoisotopic (exact) mass is 216 g/mol. The number of aliphatic hydroxyl groups excluding tert-OH is 1. The van der Waals surface area contributed by atoms with Gasteiger partial charge in [0.05, 0.1) is 12.0 Å². The molecule has 15 heavy (non-hydrogen) atoms. The van der Waals surface area contributed by atoms with E-state index in [-0.39, 0.29) is 24.6 Å². The second-order valence-corrected chi connectivity index (χ2v) is 4.37. The van der Waals surface area contributed by atoms with E-state index in [4.69, 9.17) is 10.2 Å². The maximum absolute atomic E-state index is 10.7. The molecule has 0 amide bonds. The van der Waals surface area contributed by atoms with Crippen LogP contribution in [0.15, 0.2) is 0 Å². The highest BCUT2D eigenvalue weighted by Crippen LogP contribution is 2.17. The molecule has 0 aliphatic carbocycles. The van der Waals surface area contributed by atoms with E-state index in [1.807, 2.05) is 6.92 Å². The Morgan fingerprint density at radius 3 is 2.67 bits per heavy atom. The van der Waals surface area contributed by atoms with E-state index < -0.39 is 5.97 Å². The molecular weight excluding hydrogens is 196 g/mol. The van der Waals surface area contributed by atoms with E-state index in [1.165, 1.54) is 0 Å². The Balaban J connectivity index is 2.35. The number of rotatable bonds is 7. The fourth-order valence-electron chi connectivity index (χ4n) is 1.99. The third kappa shape index (κ3) is 3.77. The quantitative estimate of drug-likeness (QED) is 0.463. The molecule has 1 unspecified atom stereocenters. The lowest BCUT2D eigenvalue weighted by molar-refractivity contribution is -0.139. The summed E-state index contributed by atoms with van der Waals surface area (Å²) in [6.45, 7) is 3.64. The molecule has 5 nitrogen and oxygen atoms in total. The predicted molar refractivity (Wildman–Crippen MR) is 56.8 cm³/mol. The first-order valence-electron chi connectivity index (χ1n) is 5.39. The summed E-state index contributed by atoms with van der Waals surface area (Å²) in [6.07, 6.45) is 1.78. The minimum atomic E-state index is -0.765. The Hall–Kier alpha value is -0.650. The Morgan fingerprint density at radius 2 is 2.27 bits per heavy atom. The molecule has 4 N–H and O–H groups in total. The standard InChI is InChI=1S/C10H20N2O3/c1-8(3-2-4-13)12-10(5-9(14)15)6-11-7-10/h8,11-13H,2-7H2,1H3,(H,14,15). The molecular formula is C10H20N2O3. The van der Waals surface area contributed by atoms with Crippen LogP contribution in [0.1, 0.15) is 26.2 Å². The van der Waals surface area contributed by atoms with Crippen LogP contribution in [0.25, 0.3) is 0 Å². The van der Waals surface area contributed by atoms with E-state index in [9.17, 15) is 4.79 Å². The number of carbonyl (C=O) groups is 1. The molecule has 0 saturated carbocycles. The maximum Gasteiger partial charge on any atom is 0.305 e. The van der Waals surface area contributed by atoms with Gasteiger partial charge in [-0.1, -0.05) is 0 Å². The van der Waals surface area contributed by atoms with Crippen molar-refractivity contribution in [2.24, 2.45) is 0 Å². The normalized spacial score (nSPS) is 20.7. The van der Waals surface area contributed by atoms with Gasteiger partial charge in [-0.3, -0.25) is 4.79 Å². The van der Waals surface area contributed by atoms with Crippen molar-refractivity contribution in [2.75, 3.05) is 19.7 Å². The van der Waals surface area contributed by atoms with E-state index in [2.05, 4.69) is 10.6 Å². The lowest BCUT2D eigenvalue weighted by atomic mass is 9.87. The van der Waals surface area contributed by atoms with Crippen molar-refractivity contribution < 1.29 is 15.0 Å². The molecule has 1 fully saturated rings. The molecule has 1 aliphatic rings. The van der Waals surface area contributed by atoms with Crippen LogP contribution in [0, 0.1) is 0 Å². The molecule has 0 aromatic heterocycles. The summed E-state index contributed by atoms with van der Waals surface area (Å²) >= 11 is 0. The molecule has 5 heteroatoms. The lowest BCUT2D eigenvalue weighted by Gasteiger charge is -2.44. The zero-order chi connectivity index (χ0) is 11.3. The van der Waals surface area contributed by atoms with Crippen LogP contribution in [-0.2, 0) is 4.79 Å². The minimum Gasteiger partial charge on any atom is -0.481 e. The van der Waals surface area contributed by atoms with Crippen molar-refractivity contribution in [3.8, 4) is 0 Å². The molecule has 1 saturated heterocycles. The Bertz CT molecular complexity index is 217. The largest absolute Gasteiger partial charge is 0.481 e. The van der Waals surface area contributed by atoms with Gasteiger partial charge >= 0.3 is 5.97 Å². The summed E-state index contributed by atoms with van der Waals surface area (Å²) in [5.41, 5.74) is -0.277. The Kier molecular flexibility index (Phi) is 4.50. The SMILES string of the molecule is CC(CCCO)NC1(CC(=O)O)CNC1. The first kappa shape index (κ1) is 12.4. The van der Waals surface area contributed by atoms with E-state index in [0.717, 1.165) is 12.8 Å². The van der Waals surface area contributed by atoms with Crippen LogP contribution >= 0.6 is 0 Å². The number of hydrogen-bond donors (Lipinski definition) is 4. The Labute approximate surface area is 89.9 Å². The van der Waals surface area contributed by atoms with Gasteiger partial charge in [-0.2, -0.15) is 0 Å². The first-order chi connectivity index (χ1) is 7.08.